The highest BCUT2D eigenvalue weighted by molar-refractivity contribution is 5.86. The molecule has 2 aromatic rings. The van der Waals surface area contributed by atoms with Crippen LogP contribution < -0.4 is 5.32 Å². The second-order valence-corrected chi connectivity index (χ2v) is 9.23. The third-order valence-electron chi connectivity index (χ3n) is 7.90. The third kappa shape index (κ3) is 3.40. The topological polar surface area (TPSA) is 32.3 Å². The van der Waals surface area contributed by atoms with Crippen molar-refractivity contribution in [1.29, 1.82) is 0 Å². The maximum Gasteiger partial charge on any atom is 0.227 e. The first kappa shape index (κ1) is 18.9. The molecule has 5 rings (SSSR count). The highest BCUT2D eigenvalue weighted by Gasteiger charge is 2.52. The average molecular weight is 389 g/mol. The molecule has 1 saturated carbocycles. The van der Waals surface area contributed by atoms with Crippen LogP contribution in [0.1, 0.15) is 61.5 Å². The zero-order chi connectivity index (χ0) is 19.7. The first-order valence-electron chi connectivity index (χ1n) is 11.4. The number of likely N-dealkylation sites (tertiary alicyclic amines) is 1. The number of hydrogen-bond donors (Lipinski definition) is 1. The molecule has 1 aliphatic carbocycles. The van der Waals surface area contributed by atoms with E-state index in [1.54, 1.807) is 0 Å². The molecule has 2 heterocycles. The lowest BCUT2D eigenvalue weighted by molar-refractivity contribution is -0.131. The van der Waals surface area contributed by atoms with Crippen molar-refractivity contribution in [3.05, 3.63) is 71.8 Å². The highest BCUT2D eigenvalue weighted by Crippen LogP contribution is 2.49. The molecule has 29 heavy (non-hydrogen) atoms. The lowest BCUT2D eigenvalue weighted by Gasteiger charge is -2.47. The maximum atomic E-state index is 13.0. The van der Waals surface area contributed by atoms with E-state index in [-0.39, 0.29) is 11.3 Å². The van der Waals surface area contributed by atoms with Crippen LogP contribution >= 0.6 is 0 Å². The third-order valence-corrected chi connectivity index (χ3v) is 7.90. The average Bonchev–Trinajstić information content (AvgIpc) is 3.11. The monoisotopic (exact) mass is 388 g/mol. The van der Waals surface area contributed by atoms with Crippen LogP contribution in [0.25, 0.3) is 0 Å². The van der Waals surface area contributed by atoms with Crippen LogP contribution in [0.2, 0.25) is 0 Å². The summed E-state index contributed by atoms with van der Waals surface area (Å²) in [7, 11) is 0. The predicted molar refractivity (Wildman–Crippen MR) is 117 cm³/mol. The van der Waals surface area contributed by atoms with Crippen molar-refractivity contribution in [2.75, 3.05) is 19.6 Å². The fourth-order valence-corrected chi connectivity index (χ4v) is 6.31. The van der Waals surface area contributed by atoms with Gasteiger partial charge in [-0.15, -0.1) is 0 Å². The van der Waals surface area contributed by atoms with Crippen LogP contribution in [0.3, 0.4) is 0 Å². The van der Waals surface area contributed by atoms with E-state index in [4.69, 9.17) is 0 Å². The van der Waals surface area contributed by atoms with Gasteiger partial charge >= 0.3 is 0 Å². The summed E-state index contributed by atoms with van der Waals surface area (Å²) in [5.74, 6) is 1.24. The predicted octanol–water partition coefficient (Wildman–Crippen LogP) is 4.71. The molecule has 152 valence electrons. The summed E-state index contributed by atoms with van der Waals surface area (Å²) in [4.78, 5) is 15.7. The van der Waals surface area contributed by atoms with Gasteiger partial charge in [0.05, 0.1) is 5.41 Å². The Morgan fingerprint density at radius 3 is 2.14 bits per heavy atom. The van der Waals surface area contributed by atoms with Gasteiger partial charge in [0.1, 0.15) is 0 Å². The molecule has 0 radical (unpaired) electrons. The molecule has 3 fully saturated rings. The summed E-state index contributed by atoms with van der Waals surface area (Å²) in [6.45, 7) is 2.88. The number of benzene rings is 2. The normalized spacial score (nSPS) is 29.7. The Balaban J connectivity index is 1.34. The molecule has 3 nitrogen and oxygen atoms in total. The molecule has 1 unspecified atom stereocenters. The molecule has 2 aromatic carbocycles. The molecule has 3 heteroatoms. The van der Waals surface area contributed by atoms with Gasteiger partial charge in [0.2, 0.25) is 5.91 Å². The molecule has 1 N–H and O–H groups in total. The number of rotatable bonds is 3. The van der Waals surface area contributed by atoms with Crippen molar-refractivity contribution in [2.24, 2.45) is 5.41 Å². The second kappa shape index (κ2) is 7.95. The summed E-state index contributed by atoms with van der Waals surface area (Å²) in [6, 6.07) is 22.4. The quantitative estimate of drug-likeness (QED) is 0.826. The summed E-state index contributed by atoms with van der Waals surface area (Å²) in [5.41, 5.74) is 2.60. The number of nitrogens with zero attached hydrogens (tertiary/aromatic N) is 1. The van der Waals surface area contributed by atoms with Crippen LogP contribution in [0.5, 0.6) is 0 Å². The molecule has 1 amide bonds. The molecule has 0 aromatic heterocycles. The van der Waals surface area contributed by atoms with Crippen LogP contribution in [-0.4, -0.2) is 36.5 Å². The van der Waals surface area contributed by atoms with Gasteiger partial charge in [-0.05, 0) is 55.8 Å². The van der Waals surface area contributed by atoms with Gasteiger partial charge in [-0.1, -0.05) is 73.5 Å². The number of amides is 1. The largest absolute Gasteiger partial charge is 0.355 e. The summed E-state index contributed by atoms with van der Waals surface area (Å²) >= 11 is 0. The summed E-state index contributed by atoms with van der Waals surface area (Å²) in [6.07, 6.45) is 7.23. The van der Waals surface area contributed by atoms with Gasteiger partial charge in [-0.3, -0.25) is 9.69 Å². The standard InChI is InChI=1S/C26H32N2O/c29-25-26(23(19-27-25)21-11-5-2-6-12-21)15-17-28(18-16-26)24-14-8-7-13-22(24)20-9-3-1-4-10-20/h1-6,9-12,22-24H,7-8,13-19H2,(H,27,29)/t22-,23?,24-/m1/s1. The van der Waals surface area contributed by atoms with E-state index in [1.165, 1.54) is 36.8 Å². The second-order valence-electron chi connectivity index (χ2n) is 9.23. The fraction of sp³-hybridized carbons (Fsp3) is 0.500. The molecular formula is C26H32N2O. The van der Waals surface area contributed by atoms with Crippen molar-refractivity contribution in [2.45, 2.75) is 56.4 Å². The minimum Gasteiger partial charge on any atom is -0.355 e. The van der Waals surface area contributed by atoms with Gasteiger partial charge in [0.15, 0.2) is 0 Å². The van der Waals surface area contributed by atoms with Gasteiger partial charge in [-0.25, -0.2) is 0 Å². The molecular weight excluding hydrogens is 356 g/mol. The van der Waals surface area contributed by atoms with E-state index in [2.05, 4.69) is 70.9 Å². The number of carbonyl (C=O) groups is 1. The van der Waals surface area contributed by atoms with Crippen LogP contribution in [0, 0.1) is 5.41 Å². The van der Waals surface area contributed by atoms with Gasteiger partial charge in [0, 0.05) is 18.5 Å². The van der Waals surface area contributed by atoms with Crippen LogP contribution in [0.4, 0.5) is 0 Å². The Kier molecular flexibility index (Phi) is 5.17. The van der Waals surface area contributed by atoms with Crippen molar-refractivity contribution in [3.63, 3.8) is 0 Å². The zero-order valence-electron chi connectivity index (χ0n) is 17.2. The minimum absolute atomic E-state index is 0.214. The lowest BCUT2D eigenvalue weighted by atomic mass is 9.67. The van der Waals surface area contributed by atoms with Crippen molar-refractivity contribution in [1.82, 2.24) is 10.2 Å². The Labute approximate surface area is 174 Å². The minimum atomic E-state index is -0.214. The fourth-order valence-electron chi connectivity index (χ4n) is 6.31. The molecule has 3 aliphatic rings. The highest BCUT2D eigenvalue weighted by atomic mass is 16.2. The summed E-state index contributed by atoms with van der Waals surface area (Å²) < 4.78 is 0. The van der Waals surface area contributed by atoms with Crippen LogP contribution in [-0.2, 0) is 4.79 Å². The smallest absolute Gasteiger partial charge is 0.227 e. The Hall–Kier alpha value is -2.13. The first-order valence-corrected chi connectivity index (χ1v) is 11.4. The van der Waals surface area contributed by atoms with E-state index in [9.17, 15) is 4.79 Å². The SMILES string of the molecule is O=C1NCC(c2ccccc2)C12CCN([C@@H]1CCCC[C@@H]1c1ccccc1)CC2. The Bertz CT molecular complexity index is 826. The van der Waals surface area contributed by atoms with Crippen molar-refractivity contribution < 1.29 is 4.79 Å². The van der Waals surface area contributed by atoms with E-state index in [1.807, 2.05) is 0 Å². The Morgan fingerprint density at radius 2 is 1.45 bits per heavy atom. The van der Waals surface area contributed by atoms with Crippen molar-refractivity contribution in [3.8, 4) is 0 Å². The van der Waals surface area contributed by atoms with E-state index in [0.717, 1.165) is 32.5 Å². The van der Waals surface area contributed by atoms with E-state index >= 15 is 0 Å². The number of nitrogens with one attached hydrogen (secondary N) is 1. The first-order chi connectivity index (χ1) is 14.3. The molecule has 2 aliphatic heterocycles. The lowest BCUT2D eigenvalue weighted by Crippen LogP contribution is -2.51. The molecule has 2 saturated heterocycles. The molecule has 1 spiro atoms. The van der Waals surface area contributed by atoms with Crippen molar-refractivity contribution >= 4 is 5.91 Å². The maximum absolute atomic E-state index is 13.0. The zero-order valence-corrected chi connectivity index (χ0v) is 17.2. The van der Waals surface area contributed by atoms with Gasteiger partial charge < -0.3 is 5.32 Å². The number of piperidine rings is 1. The van der Waals surface area contributed by atoms with Gasteiger partial charge in [-0.2, -0.15) is 0 Å². The number of carbonyl (C=O) groups excluding carboxylic acids is 1. The number of hydrogen-bond acceptors (Lipinski definition) is 2. The van der Waals surface area contributed by atoms with Gasteiger partial charge in [0.25, 0.3) is 0 Å². The Morgan fingerprint density at radius 1 is 0.828 bits per heavy atom. The molecule has 3 atom stereocenters. The van der Waals surface area contributed by atoms with E-state index in [0.29, 0.717) is 17.9 Å². The van der Waals surface area contributed by atoms with Crippen LogP contribution in [0.15, 0.2) is 60.7 Å². The summed E-state index contributed by atoms with van der Waals surface area (Å²) in [5, 5.41) is 3.20. The van der Waals surface area contributed by atoms with E-state index < -0.39 is 0 Å². The molecule has 0 bridgehead atoms.